The Balaban J connectivity index is 2.18. The molecule has 0 aromatic rings. The van der Waals surface area contributed by atoms with E-state index in [1.54, 1.807) is 19.9 Å². The molecule has 2 aliphatic rings. The molecular formula is C32H51N7O10. The topological polar surface area (TPSA) is 252 Å². The predicted octanol–water partition coefficient (Wildman–Crippen LogP) is -1.03. The first-order valence-corrected chi connectivity index (χ1v) is 16.6. The van der Waals surface area contributed by atoms with Crippen molar-refractivity contribution >= 4 is 47.4 Å². The summed E-state index contributed by atoms with van der Waals surface area (Å²) in [6.45, 7) is 8.77. The molecule has 49 heavy (non-hydrogen) atoms. The van der Waals surface area contributed by atoms with Gasteiger partial charge in [-0.25, -0.2) is 0 Å². The number of nitrogens with one attached hydrogen (secondary N) is 6. The Kier molecular flexibility index (Phi) is 16.1. The number of amides is 6. The van der Waals surface area contributed by atoms with Gasteiger partial charge in [-0.2, -0.15) is 0 Å². The molecule has 0 unspecified atom stereocenters. The average molecular weight is 694 g/mol. The summed E-state index contributed by atoms with van der Waals surface area (Å²) in [5.41, 5.74) is 0. The molecule has 1 saturated heterocycles. The van der Waals surface area contributed by atoms with Gasteiger partial charge in [0.25, 0.3) is 0 Å². The normalized spacial score (nSPS) is 19.4. The van der Waals surface area contributed by atoms with Gasteiger partial charge >= 0.3 is 11.9 Å². The second-order valence-corrected chi connectivity index (χ2v) is 13.2. The fraction of sp³-hybridized carbons (Fsp3) is 0.688. The third-order valence-electron chi connectivity index (χ3n) is 8.00. The van der Waals surface area contributed by atoms with Crippen LogP contribution in [0, 0.1) is 11.8 Å². The molecule has 6 atom stereocenters. The summed E-state index contributed by atoms with van der Waals surface area (Å²) in [5.74, 6) is -6.57. The lowest BCUT2D eigenvalue weighted by Crippen LogP contribution is -2.59. The third kappa shape index (κ3) is 13.5. The van der Waals surface area contributed by atoms with Crippen molar-refractivity contribution in [3.8, 4) is 0 Å². The van der Waals surface area contributed by atoms with Crippen LogP contribution in [0.4, 0.5) is 0 Å². The Bertz CT molecular complexity index is 1260. The van der Waals surface area contributed by atoms with Gasteiger partial charge in [-0.05, 0) is 63.8 Å². The summed E-state index contributed by atoms with van der Waals surface area (Å²) in [6.07, 6.45) is 4.06. The lowest BCUT2D eigenvalue weighted by Gasteiger charge is -2.29. The minimum atomic E-state index is -1.40. The first kappa shape index (κ1) is 40.6. The molecule has 2 heterocycles. The van der Waals surface area contributed by atoms with E-state index in [2.05, 4.69) is 31.9 Å². The lowest BCUT2D eigenvalue weighted by molar-refractivity contribution is -0.141. The van der Waals surface area contributed by atoms with Crippen LogP contribution in [0.25, 0.3) is 0 Å². The van der Waals surface area contributed by atoms with Crippen LogP contribution in [0.1, 0.15) is 79.6 Å². The molecule has 0 radical (unpaired) electrons. The quantitative estimate of drug-likeness (QED) is 0.0812. The summed E-state index contributed by atoms with van der Waals surface area (Å²) in [7, 11) is 0. The zero-order chi connectivity index (χ0) is 36.8. The number of carboxylic acids is 2. The minimum absolute atomic E-state index is 0.0604. The molecule has 274 valence electrons. The fourth-order valence-corrected chi connectivity index (χ4v) is 5.53. The SMILES string of the molecule is CC(C)C[C@H](NC(=O)[C@H](CC(C)C)NC(=O)[C@H](CCC(=O)O)NC(=O)[C@@H]1CC=CN1C(=O)[C@H](C)NC(=O)[C@@H]1CCCN1)C(=O)NCC(=O)O. The molecule has 17 nitrogen and oxygen atoms in total. The van der Waals surface area contributed by atoms with Crippen molar-refractivity contribution < 1.29 is 48.6 Å². The zero-order valence-corrected chi connectivity index (χ0v) is 28.7. The van der Waals surface area contributed by atoms with Crippen LogP contribution in [-0.4, -0.2) is 112 Å². The van der Waals surface area contributed by atoms with Crippen LogP contribution in [0.2, 0.25) is 0 Å². The number of hydrogen-bond acceptors (Lipinski definition) is 9. The van der Waals surface area contributed by atoms with Gasteiger partial charge in [0.15, 0.2) is 0 Å². The highest BCUT2D eigenvalue weighted by atomic mass is 16.4. The second-order valence-electron chi connectivity index (χ2n) is 13.2. The van der Waals surface area contributed by atoms with Crippen LogP contribution in [0.15, 0.2) is 12.3 Å². The highest BCUT2D eigenvalue weighted by molar-refractivity contribution is 5.97. The van der Waals surface area contributed by atoms with Gasteiger partial charge in [-0.1, -0.05) is 33.8 Å². The number of carbonyl (C=O) groups is 8. The minimum Gasteiger partial charge on any atom is -0.481 e. The van der Waals surface area contributed by atoms with Crippen molar-refractivity contribution in [2.45, 2.75) is 116 Å². The van der Waals surface area contributed by atoms with Crippen molar-refractivity contribution in [2.75, 3.05) is 13.1 Å². The van der Waals surface area contributed by atoms with Gasteiger partial charge in [0.05, 0.1) is 6.04 Å². The predicted molar refractivity (Wildman–Crippen MR) is 175 cm³/mol. The number of carboxylic acid groups (broad SMARTS) is 2. The summed E-state index contributed by atoms with van der Waals surface area (Å²) in [6, 6.07) is -6.13. The maximum absolute atomic E-state index is 13.6. The highest BCUT2D eigenvalue weighted by Crippen LogP contribution is 2.18. The van der Waals surface area contributed by atoms with Crippen molar-refractivity contribution in [3.63, 3.8) is 0 Å². The molecule has 17 heteroatoms. The van der Waals surface area contributed by atoms with E-state index in [4.69, 9.17) is 5.11 Å². The van der Waals surface area contributed by atoms with Gasteiger partial charge in [-0.3, -0.25) is 38.4 Å². The van der Waals surface area contributed by atoms with Crippen LogP contribution >= 0.6 is 0 Å². The molecule has 0 spiro atoms. The van der Waals surface area contributed by atoms with E-state index in [1.165, 1.54) is 13.1 Å². The van der Waals surface area contributed by atoms with Crippen molar-refractivity contribution in [1.82, 2.24) is 36.8 Å². The van der Waals surface area contributed by atoms with Gasteiger partial charge in [-0.15, -0.1) is 0 Å². The molecule has 8 N–H and O–H groups in total. The molecule has 0 aliphatic carbocycles. The zero-order valence-electron chi connectivity index (χ0n) is 28.7. The Morgan fingerprint density at radius 1 is 0.776 bits per heavy atom. The molecule has 0 saturated carbocycles. The van der Waals surface area contributed by atoms with E-state index >= 15 is 0 Å². The van der Waals surface area contributed by atoms with E-state index < -0.39 is 90.7 Å². The van der Waals surface area contributed by atoms with Crippen molar-refractivity contribution in [3.05, 3.63) is 12.3 Å². The number of hydrogen-bond donors (Lipinski definition) is 8. The van der Waals surface area contributed by atoms with Gasteiger partial charge in [0.2, 0.25) is 35.4 Å². The fourth-order valence-electron chi connectivity index (χ4n) is 5.53. The Morgan fingerprint density at radius 2 is 1.37 bits per heavy atom. The number of carbonyl (C=O) groups excluding carboxylic acids is 6. The monoisotopic (exact) mass is 693 g/mol. The highest BCUT2D eigenvalue weighted by Gasteiger charge is 2.37. The van der Waals surface area contributed by atoms with E-state index in [0.717, 1.165) is 11.3 Å². The van der Waals surface area contributed by atoms with Crippen LogP contribution < -0.4 is 31.9 Å². The van der Waals surface area contributed by atoms with E-state index in [1.807, 2.05) is 13.8 Å². The molecule has 2 aliphatic heterocycles. The molecule has 1 fully saturated rings. The summed E-state index contributed by atoms with van der Waals surface area (Å²) >= 11 is 0. The van der Waals surface area contributed by atoms with Crippen molar-refractivity contribution in [2.24, 2.45) is 11.8 Å². The molecule has 2 rings (SSSR count). The first-order valence-electron chi connectivity index (χ1n) is 16.6. The van der Waals surface area contributed by atoms with Crippen molar-refractivity contribution in [1.29, 1.82) is 0 Å². The molecule has 0 bridgehead atoms. The van der Waals surface area contributed by atoms with Crippen LogP contribution in [-0.2, 0) is 38.4 Å². The first-order chi connectivity index (χ1) is 23.0. The average Bonchev–Trinajstić information content (AvgIpc) is 3.73. The molecular weight excluding hydrogens is 642 g/mol. The van der Waals surface area contributed by atoms with Gasteiger partial charge in [0, 0.05) is 12.6 Å². The number of aliphatic carboxylic acids is 2. The van der Waals surface area contributed by atoms with Gasteiger partial charge in [0.1, 0.15) is 36.8 Å². The molecule has 6 amide bonds. The Morgan fingerprint density at radius 3 is 1.90 bits per heavy atom. The van der Waals surface area contributed by atoms with Crippen LogP contribution in [0.5, 0.6) is 0 Å². The lowest BCUT2D eigenvalue weighted by atomic mass is 9.99. The van der Waals surface area contributed by atoms with Gasteiger partial charge < -0.3 is 47.0 Å². The standard InChI is InChI=1S/C32H51N7O10/c1-17(2)14-22(27(44)34-16-26(42)43)37-30(47)23(15-18(3)4)38-29(46)21(10-11-25(40)41)36-31(48)24-9-7-13-39(24)32(49)19(5)35-28(45)20-8-6-12-33-20/h7,13,17-24,33H,6,8-12,14-16H2,1-5H3,(H,34,44)(H,35,45)(H,36,48)(H,37,47)(H,38,46)(H,40,41)(H,42,43)/t19-,20-,21-,22-,23-,24-/m0/s1. The molecule has 0 aromatic heterocycles. The van der Waals surface area contributed by atoms with E-state index in [0.29, 0.717) is 13.0 Å². The van der Waals surface area contributed by atoms with E-state index in [9.17, 15) is 43.5 Å². The Labute approximate surface area is 285 Å². The van der Waals surface area contributed by atoms with E-state index in [-0.39, 0.29) is 43.4 Å². The molecule has 0 aromatic carbocycles. The largest absolute Gasteiger partial charge is 0.481 e. The second kappa shape index (κ2) is 19.5. The third-order valence-corrected chi connectivity index (χ3v) is 8.00. The smallest absolute Gasteiger partial charge is 0.322 e. The maximum Gasteiger partial charge on any atom is 0.322 e. The maximum atomic E-state index is 13.6. The number of rotatable bonds is 19. The summed E-state index contributed by atoms with van der Waals surface area (Å²) < 4.78 is 0. The number of nitrogens with zero attached hydrogens (tertiary/aromatic N) is 1. The van der Waals surface area contributed by atoms with Crippen LogP contribution in [0.3, 0.4) is 0 Å². The Hall–Kier alpha value is -4.54. The summed E-state index contributed by atoms with van der Waals surface area (Å²) in [4.78, 5) is 102. The summed E-state index contributed by atoms with van der Waals surface area (Å²) in [5, 5.41) is 33.9.